The van der Waals surface area contributed by atoms with E-state index in [4.69, 9.17) is 5.11 Å². The Hall–Kier alpha value is -3.21. The Morgan fingerprint density at radius 2 is 2.09 bits per heavy atom. The summed E-state index contributed by atoms with van der Waals surface area (Å²) in [7, 11) is 1.80. The van der Waals surface area contributed by atoms with E-state index in [-0.39, 0.29) is 11.7 Å². The minimum Gasteiger partial charge on any atom is -0.481 e. The Kier molecular flexibility index (Phi) is 11.7. The van der Waals surface area contributed by atoms with Gasteiger partial charge in [0, 0.05) is 18.6 Å². The van der Waals surface area contributed by atoms with Crippen molar-refractivity contribution >= 4 is 29.6 Å². The van der Waals surface area contributed by atoms with Gasteiger partial charge in [0.1, 0.15) is 19.0 Å². The quantitative estimate of drug-likeness (QED) is 0.309. The number of piperidine rings is 1. The number of non-ortho nitro benzene ring substituents is 1. The number of aryl methyl sites for hydroxylation is 1. The molecule has 0 aromatic heterocycles. The van der Waals surface area contributed by atoms with Crippen LogP contribution in [0.4, 0.5) is 10.1 Å². The highest BCUT2D eigenvalue weighted by molar-refractivity contribution is 5.93. The number of carboxylic acids is 1. The first kappa shape index (κ1) is 26.8. The SMILES string of the molecule is CN1CCCCC1C(=O)NC(CC(=O)O)C(=O)CF.O=CCCc1cccc([N+](=O)[O-])c1. The van der Waals surface area contributed by atoms with E-state index in [1.54, 1.807) is 19.2 Å². The zero-order valence-corrected chi connectivity index (χ0v) is 17.9. The van der Waals surface area contributed by atoms with Crippen LogP contribution in [0.1, 0.15) is 37.7 Å². The summed E-state index contributed by atoms with van der Waals surface area (Å²) in [4.78, 5) is 55.7. The predicted octanol–water partition coefficient (Wildman–Crippen LogP) is 1.70. The monoisotopic (exact) mass is 453 g/mol. The molecule has 2 atom stereocenters. The first-order chi connectivity index (χ1) is 15.2. The van der Waals surface area contributed by atoms with Gasteiger partial charge in [0.25, 0.3) is 5.69 Å². The fourth-order valence-corrected chi connectivity index (χ4v) is 3.24. The molecule has 1 aliphatic rings. The zero-order chi connectivity index (χ0) is 24.1. The fraction of sp³-hybridized carbons (Fsp3) is 0.524. The number of aldehydes is 1. The average molecular weight is 453 g/mol. The van der Waals surface area contributed by atoms with Crippen molar-refractivity contribution in [3.05, 3.63) is 39.9 Å². The van der Waals surface area contributed by atoms with Crippen molar-refractivity contribution < 1.29 is 33.6 Å². The predicted molar refractivity (Wildman–Crippen MR) is 113 cm³/mol. The van der Waals surface area contributed by atoms with Gasteiger partial charge in [-0.15, -0.1) is 0 Å². The molecule has 2 unspecified atom stereocenters. The number of likely N-dealkylation sites (tertiary alicyclic amines) is 1. The molecule has 1 fully saturated rings. The third-order valence-corrected chi connectivity index (χ3v) is 4.96. The number of nitro benzene ring substituents is 1. The van der Waals surface area contributed by atoms with Gasteiger partial charge in [-0.2, -0.15) is 0 Å². The molecule has 0 saturated carbocycles. The molecule has 1 aromatic carbocycles. The summed E-state index contributed by atoms with van der Waals surface area (Å²) in [5.41, 5.74) is 0.893. The number of aliphatic carboxylic acids is 1. The van der Waals surface area contributed by atoms with E-state index in [1.165, 1.54) is 12.1 Å². The molecule has 1 saturated heterocycles. The van der Waals surface area contributed by atoms with Gasteiger partial charge in [-0.25, -0.2) is 4.39 Å². The number of hydrogen-bond acceptors (Lipinski definition) is 7. The van der Waals surface area contributed by atoms with Gasteiger partial charge in [-0.3, -0.25) is 29.4 Å². The molecule has 1 amide bonds. The Bertz CT molecular complexity index is 818. The number of hydrogen-bond donors (Lipinski definition) is 2. The number of carbonyl (C=O) groups excluding carboxylic acids is 3. The first-order valence-electron chi connectivity index (χ1n) is 10.2. The van der Waals surface area contributed by atoms with Crippen molar-refractivity contribution in [1.82, 2.24) is 10.2 Å². The van der Waals surface area contributed by atoms with Crippen molar-refractivity contribution in [2.45, 2.75) is 50.6 Å². The van der Waals surface area contributed by atoms with Crippen molar-refractivity contribution in [1.29, 1.82) is 0 Å². The molecular weight excluding hydrogens is 425 g/mol. The topological polar surface area (TPSA) is 147 Å². The first-order valence-corrected chi connectivity index (χ1v) is 10.2. The summed E-state index contributed by atoms with van der Waals surface area (Å²) in [6, 6.07) is 4.66. The van der Waals surface area contributed by atoms with E-state index in [9.17, 15) is 33.7 Å². The highest BCUT2D eigenvalue weighted by Gasteiger charge is 2.30. The number of nitro groups is 1. The lowest BCUT2D eigenvalue weighted by Crippen LogP contribution is -2.52. The van der Waals surface area contributed by atoms with Gasteiger partial charge in [0.05, 0.1) is 17.4 Å². The lowest BCUT2D eigenvalue weighted by atomic mass is 10.0. The summed E-state index contributed by atoms with van der Waals surface area (Å²) in [5, 5.41) is 21.4. The lowest BCUT2D eigenvalue weighted by Gasteiger charge is -2.32. The number of alkyl halides is 1. The summed E-state index contributed by atoms with van der Waals surface area (Å²) in [5.74, 6) is -2.56. The standard InChI is InChI=1S/C12H19FN2O4.C9H9NO3/c1-15-5-3-2-4-9(15)12(19)14-8(6-11(17)18)10(16)7-13;11-6-2-4-8-3-1-5-9(7-8)10(12)13/h8-9H,2-7H2,1H3,(H,14,19)(H,17,18);1,3,5-7H,2,4H2. The van der Waals surface area contributed by atoms with Crippen molar-refractivity contribution in [3.63, 3.8) is 0 Å². The van der Waals surface area contributed by atoms with Crippen LogP contribution in [0.5, 0.6) is 0 Å². The molecule has 2 rings (SSSR count). The maximum atomic E-state index is 12.4. The van der Waals surface area contributed by atoms with Gasteiger partial charge in [-0.1, -0.05) is 18.6 Å². The van der Waals surface area contributed by atoms with Crippen LogP contribution in [0.15, 0.2) is 24.3 Å². The normalized spacial score (nSPS) is 16.8. The summed E-state index contributed by atoms with van der Waals surface area (Å²) < 4.78 is 12.4. The number of rotatable bonds is 10. The fourth-order valence-electron chi connectivity index (χ4n) is 3.24. The highest BCUT2D eigenvalue weighted by Crippen LogP contribution is 2.15. The summed E-state index contributed by atoms with van der Waals surface area (Å²) in [6.07, 6.45) is 3.74. The Labute approximate surface area is 184 Å². The van der Waals surface area contributed by atoms with Gasteiger partial charge >= 0.3 is 5.97 Å². The van der Waals surface area contributed by atoms with Crippen LogP contribution in [0.3, 0.4) is 0 Å². The van der Waals surface area contributed by atoms with Crippen molar-refractivity contribution in [2.24, 2.45) is 0 Å². The maximum absolute atomic E-state index is 12.4. The van der Waals surface area contributed by atoms with Crippen molar-refractivity contribution in [3.8, 4) is 0 Å². The van der Waals surface area contributed by atoms with E-state index in [0.717, 1.165) is 31.2 Å². The number of halogens is 1. The molecule has 10 nitrogen and oxygen atoms in total. The number of benzene rings is 1. The van der Waals surface area contributed by atoms with Gasteiger partial charge in [0.15, 0.2) is 5.78 Å². The Morgan fingerprint density at radius 3 is 2.66 bits per heavy atom. The minimum absolute atomic E-state index is 0.0726. The van der Waals surface area contributed by atoms with Gasteiger partial charge in [0.2, 0.25) is 5.91 Å². The largest absolute Gasteiger partial charge is 0.481 e. The molecule has 0 radical (unpaired) electrons. The second-order valence-electron chi connectivity index (χ2n) is 7.38. The number of nitrogens with one attached hydrogen (secondary N) is 1. The van der Waals surface area contributed by atoms with Crippen molar-refractivity contribution in [2.75, 3.05) is 20.3 Å². The number of Topliss-reactive ketones (excluding diaryl/α,β-unsaturated/α-hetero) is 1. The van der Waals surface area contributed by atoms with Crippen LogP contribution in [-0.4, -0.2) is 71.2 Å². The number of ketones is 1. The lowest BCUT2D eigenvalue weighted by molar-refractivity contribution is -0.384. The molecule has 176 valence electrons. The molecule has 0 aliphatic carbocycles. The van der Waals surface area contributed by atoms with E-state index in [2.05, 4.69) is 5.32 Å². The molecular formula is C21H28FN3O7. The number of likely N-dealkylation sites (N-methyl/N-ethyl adjacent to an activating group) is 1. The number of carbonyl (C=O) groups is 4. The number of nitrogens with zero attached hydrogens (tertiary/aromatic N) is 2. The van der Waals surface area contributed by atoms with Crippen LogP contribution in [0.2, 0.25) is 0 Å². The number of amides is 1. The molecule has 0 spiro atoms. The molecule has 0 bridgehead atoms. The average Bonchev–Trinajstić information content (AvgIpc) is 2.77. The van der Waals surface area contributed by atoms with E-state index < -0.39 is 41.7 Å². The van der Waals surface area contributed by atoms with Crippen LogP contribution in [-0.2, 0) is 25.6 Å². The van der Waals surface area contributed by atoms with E-state index in [1.807, 2.05) is 4.90 Å². The molecule has 32 heavy (non-hydrogen) atoms. The molecule has 11 heteroatoms. The highest BCUT2D eigenvalue weighted by atomic mass is 19.1. The van der Waals surface area contributed by atoms with E-state index >= 15 is 0 Å². The Morgan fingerprint density at radius 1 is 1.38 bits per heavy atom. The van der Waals surface area contributed by atoms with Crippen LogP contribution in [0.25, 0.3) is 0 Å². The molecule has 1 aliphatic heterocycles. The second-order valence-corrected chi connectivity index (χ2v) is 7.38. The van der Waals surface area contributed by atoms with Crippen LogP contribution >= 0.6 is 0 Å². The molecule has 1 heterocycles. The second kappa shape index (κ2) is 14.0. The number of carboxylic acid groups (broad SMARTS) is 1. The third kappa shape index (κ3) is 9.29. The minimum atomic E-state index is -1.29. The smallest absolute Gasteiger partial charge is 0.305 e. The van der Waals surface area contributed by atoms with E-state index in [0.29, 0.717) is 19.3 Å². The van der Waals surface area contributed by atoms with Crippen LogP contribution in [0, 0.1) is 10.1 Å². The maximum Gasteiger partial charge on any atom is 0.305 e. The zero-order valence-electron chi connectivity index (χ0n) is 17.9. The Balaban J connectivity index is 0.000000343. The van der Waals surface area contributed by atoms with Crippen LogP contribution < -0.4 is 5.32 Å². The van der Waals surface area contributed by atoms with Gasteiger partial charge < -0.3 is 15.2 Å². The van der Waals surface area contributed by atoms with Gasteiger partial charge in [-0.05, 0) is 38.4 Å². The summed E-state index contributed by atoms with van der Waals surface area (Å²) >= 11 is 0. The molecule has 1 aromatic rings. The third-order valence-electron chi connectivity index (χ3n) is 4.96. The molecule has 2 N–H and O–H groups in total. The summed E-state index contributed by atoms with van der Waals surface area (Å²) in [6.45, 7) is -0.503.